The maximum Gasteiger partial charge on any atom is 0.131 e. The number of rotatable bonds is 4. The summed E-state index contributed by atoms with van der Waals surface area (Å²) in [6.07, 6.45) is 2.60. The Morgan fingerprint density at radius 2 is 2.17 bits per heavy atom. The molecule has 1 aromatic heterocycles. The van der Waals surface area contributed by atoms with Crippen molar-refractivity contribution in [2.24, 2.45) is 5.92 Å². The smallest absolute Gasteiger partial charge is 0.131 e. The number of nitrogens with one attached hydrogen (secondary N) is 2. The van der Waals surface area contributed by atoms with Gasteiger partial charge in [-0.2, -0.15) is 0 Å². The molecule has 0 aromatic carbocycles. The molecule has 1 aromatic rings. The fourth-order valence-corrected chi connectivity index (χ4v) is 2.48. The van der Waals surface area contributed by atoms with Gasteiger partial charge in [0, 0.05) is 26.2 Å². The van der Waals surface area contributed by atoms with Crippen molar-refractivity contribution in [1.82, 2.24) is 14.9 Å². The molecule has 1 fully saturated rings. The van der Waals surface area contributed by atoms with Crippen LogP contribution < -0.4 is 10.6 Å². The van der Waals surface area contributed by atoms with E-state index in [0.29, 0.717) is 0 Å². The summed E-state index contributed by atoms with van der Waals surface area (Å²) in [5.74, 6) is 3.30. The second-order valence-corrected chi connectivity index (χ2v) is 5.09. The molecule has 1 aliphatic rings. The Balaban J connectivity index is 1.91. The van der Waals surface area contributed by atoms with Crippen LogP contribution in [0.4, 0.5) is 11.6 Å². The van der Waals surface area contributed by atoms with Crippen molar-refractivity contribution in [3.05, 3.63) is 11.9 Å². The molecule has 1 saturated heterocycles. The molecular formula is C13H23N5. The topological polar surface area (TPSA) is 53.1 Å². The van der Waals surface area contributed by atoms with E-state index in [9.17, 15) is 0 Å². The average molecular weight is 249 g/mol. The van der Waals surface area contributed by atoms with Crippen LogP contribution >= 0.6 is 0 Å². The molecule has 0 radical (unpaired) electrons. The highest BCUT2D eigenvalue weighted by Crippen LogP contribution is 2.16. The lowest BCUT2D eigenvalue weighted by molar-refractivity contribution is 0.217. The molecule has 0 amide bonds. The first-order valence-corrected chi connectivity index (χ1v) is 6.63. The number of aryl methyl sites for hydroxylation is 1. The number of hydrogen-bond acceptors (Lipinski definition) is 5. The maximum absolute atomic E-state index is 4.41. The molecule has 2 heterocycles. The third-order valence-corrected chi connectivity index (χ3v) is 3.39. The van der Waals surface area contributed by atoms with Crippen LogP contribution in [0.25, 0.3) is 0 Å². The Morgan fingerprint density at radius 1 is 1.39 bits per heavy atom. The van der Waals surface area contributed by atoms with Gasteiger partial charge in [-0.25, -0.2) is 9.97 Å². The number of likely N-dealkylation sites (tertiary alicyclic amines) is 1. The van der Waals surface area contributed by atoms with Gasteiger partial charge in [-0.05, 0) is 39.3 Å². The van der Waals surface area contributed by atoms with Crippen molar-refractivity contribution in [2.45, 2.75) is 19.8 Å². The summed E-state index contributed by atoms with van der Waals surface area (Å²) in [6.45, 7) is 5.31. The van der Waals surface area contributed by atoms with Gasteiger partial charge >= 0.3 is 0 Å². The summed E-state index contributed by atoms with van der Waals surface area (Å²) in [6, 6.07) is 1.96. The van der Waals surface area contributed by atoms with E-state index in [1.54, 1.807) is 0 Å². The second kappa shape index (κ2) is 6.00. The normalized spacial score (nSPS) is 20.7. The first-order valence-electron chi connectivity index (χ1n) is 6.63. The number of nitrogens with zero attached hydrogens (tertiary/aromatic N) is 3. The molecule has 2 N–H and O–H groups in total. The summed E-state index contributed by atoms with van der Waals surface area (Å²) in [5.41, 5.74) is 0. The van der Waals surface area contributed by atoms with E-state index in [2.05, 4.69) is 32.5 Å². The summed E-state index contributed by atoms with van der Waals surface area (Å²) < 4.78 is 0. The van der Waals surface area contributed by atoms with Crippen molar-refractivity contribution in [3.63, 3.8) is 0 Å². The molecule has 18 heavy (non-hydrogen) atoms. The van der Waals surface area contributed by atoms with E-state index in [4.69, 9.17) is 0 Å². The summed E-state index contributed by atoms with van der Waals surface area (Å²) in [4.78, 5) is 11.1. The summed E-state index contributed by atoms with van der Waals surface area (Å²) in [7, 11) is 4.07. The predicted octanol–water partition coefficient (Wildman–Crippen LogP) is 1.58. The third kappa shape index (κ3) is 3.57. The van der Waals surface area contributed by atoms with E-state index >= 15 is 0 Å². The molecule has 100 valence electrons. The number of aromatic nitrogens is 2. The van der Waals surface area contributed by atoms with Crippen molar-refractivity contribution >= 4 is 11.6 Å². The Bertz CT molecular complexity index is 393. The van der Waals surface area contributed by atoms with Crippen molar-refractivity contribution < 1.29 is 0 Å². The van der Waals surface area contributed by atoms with Crippen LogP contribution in [0.5, 0.6) is 0 Å². The standard InChI is InChI=1S/C13H23N5/c1-10-16-12(14-2)7-13(17-10)15-8-11-5-4-6-18(3)9-11/h7,11H,4-6,8-9H2,1-3H3,(H2,14,15,16,17). The van der Waals surface area contributed by atoms with Gasteiger partial charge in [-0.15, -0.1) is 0 Å². The molecule has 0 bridgehead atoms. The molecule has 0 spiro atoms. The highest BCUT2D eigenvalue weighted by Gasteiger charge is 2.16. The average Bonchev–Trinajstić information content (AvgIpc) is 2.36. The molecule has 1 atom stereocenters. The van der Waals surface area contributed by atoms with Crippen LogP contribution in [0.2, 0.25) is 0 Å². The van der Waals surface area contributed by atoms with E-state index in [0.717, 1.165) is 29.9 Å². The van der Waals surface area contributed by atoms with Crippen LogP contribution in [-0.4, -0.2) is 48.6 Å². The van der Waals surface area contributed by atoms with Crippen molar-refractivity contribution in [3.8, 4) is 0 Å². The highest BCUT2D eigenvalue weighted by atomic mass is 15.1. The van der Waals surface area contributed by atoms with Gasteiger partial charge in [0.1, 0.15) is 17.5 Å². The van der Waals surface area contributed by atoms with Crippen molar-refractivity contribution in [2.75, 3.05) is 44.4 Å². The SMILES string of the molecule is CNc1cc(NCC2CCCN(C)C2)nc(C)n1. The largest absolute Gasteiger partial charge is 0.373 e. The molecule has 1 unspecified atom stereocenters. The van der Waals surface area contributed by atoms with Crippen LogP contribution in [0, 0.1) is 12.8 Å². The minimum atomic E-state index is 0.719. The Hall–Kier alpha value is -1.36. The van der Waals surface area contributed by atoms with E-state index in [1.165, 1.54) is 25.9 Å². The van der Waals surface area contributed by atoms with Gasteiger partial charge in [0.2, 0.25) is 0 Å². The highest BCUT2D eigenvalue weighted by molar-refractivity contribution is 5.47. The monoisotopic (exact) mass is 249 g/mol. The van der Waals surface area contributed by atoms with Gasteiger partial charge in [0.05, 0.1) is 0 Å². The predicted molar refractivity (Wildman–Crippen MR) is 75.0 cm³/mol. The molecule has 2 rings (SSSR count). The molecule has 1 aliphatic heterocycles. The zero-order chi connectivity index (χ0) is 13.0. The fraction of sp³-hybridized carbons (Fsp3) is 0.692. The van der Waals surface area contributed by atoms with Gasteiger partial charge in [0.25, 0.3) is 0 Å². The molecule has 5 nitrogen and oxygen atoms in total. The minimum absolute atomic E-state index is 0.719. The van der Waals surface area contributed by atoms with Crippen molar-refractivity contribution in [1.29, 1.82) is 0 Å². The number of hydrogen-bond donors (Lipinski definition) is 2. The Morgan fingerprint density at radius 3 is 2.89 bits per heavy atom. The van der Waals surface area contributed by atoms with E-state index in [1.807, 2.05) is 20.0 Å². The lowest BCUT2D eigenvalue weighted by Crippen LogP contribution is -2.35. The fourth-order valence-electron chi connectivity index (χ4n) is 2.48. The molecule has 5 heteroatoms. The van der Waals surface area contributed by atoms with Gasteiger partial charge in [0.15, 0.2) is 0 Å². The summed E-state index contributed by atoms with van der Waals surface area (Å²) in [5, 5.41) is 6.49. The zero-order valence-corrected chi connectivity index (χ0v) is 11.5. The number of anilines is 2. The van der Waals surface area contributed by atoms with Gasteiger partial charge in [-0.1, -0.05) is 0 Å². The van der Waals surface area contributed by atoms with Crippen LogP contribution in [0.1, 0.15) is 18.7 Å². The lowest BCUT2D eigenvalue weighted by atomic mass is 9.98. The Kier molecular flexibility index (Phi) is 4.36. The quantitative estimate of drug-likeness (QED) is 0.848. The van der Waals surface area contributed by atoms with Gasteiger partial charge < -0.3 is 15.5 Å². The molecule has 0 aliphatic carbocycles. The second-order valence-electron chi connectivity index (χ2n) is 5.09. The molecule has 0 saturated carbocycles. The van der Waals surface area contributed by atoms with E-state index in [-0.39, 0.29) is 0 Å². The Labute approximate surface area is 109 Å². The van der Waals surface area contributed by atoms with Crippen LogP contribution in [-0.2, 0) is 0 Å². The minimum Gasteiger partial charge on any atom is -0.373 e. The number of piperidine rings is 1. The summed E-state index contributed by atoms with van der Waals surface area (Å²) >= 11 is 0. The van der Waals surface area contributed by atoms with E-state index < -0.39 is 0 Å². The molecular weight excluding hydrogens is 226 g/mol. The van der Waals surface area contributed by atoms with Crippen LogP contribution in [0.3, 0.4) is 0 Å². The van der Waals surface area contributed by atoms with Gasteiger partial charge in [-0.3, -0.25) is 0 Å². The first kappa shape index (κ1) is 13.1. The third-order valence-electron chi connectivity index (χ3n) is 3.39. The first-order chi connectivity index (χ1) is 8.67. The maximum atomic E-state index is 4.41. The lowest BCUT2D eigenvalue weighted by Gasteiger charge is -2.29. The zero-order valence-electron chi connectivity index (χ0n) is 11.5. The van der Waals surface area contributed by atoms with Crippen LogP contribution in [0.15, 0.2) is 6.07 Å².